The van der Waals surface area contributed by atoms with Crippen LogP contribution in [-0.2, 0) is 22.0 Å². The summed E-state index contributed by atoms with van der Waals surface area (Å²) in [6.45, 7) is 6.61. The summed E-state index contributed by atoms with van der Waals surface area (Å²) < 4.78 is 26.5. The lowest BCUT2D eigenvalue weighted by Gasteiger charge is -2.21. The van der Waals surface area contributed by atoms with Gasteiger partial charge in [-0.15, -0.1) is 0 Å². The van der Waals surface area contributed by atoms with Crippen molar-refractivity contribution >= 4 is 10.0 Å². The molecule has 0 radical (unpaired) electrons. The number of hydrogen-bond donors (Lipinski definition) is 0. The Hall–Kier alpha value is -1.72. The van der Waals surface area contributed by atoms with Crippen LogP contribution in [0.5, 0.6) is 0 Å². The van der Waals surface area contributed by atoms with Crippen molar-refractivity contribution in [1.82, 2.24) is 9.29 Å². The molecule has 0 N–H and O–H groups in total. The van der Waals surface area contributed by atoms with E-state index in [4.69, 9.17) is 0 Å². The van der Waals surface area contributed by atoms with Crippen molar-refractivity contribution in [3.63, 3.8) is 0 Å². The van der Waals surface area contributed by atoms with Crippen molar-refractivity contribution in [1.29, 1.82) is 0 Å². The van der Waals surface area contributed by atoms with E-state index in [1.54, 1.807) is 37.6 Å². The Morgan fingerprint density at radius 3 is 2.23 bits per heavy atom. The van der Waals surface area contributed by atoms with Gasteiger partial charge in [0.1, 0.15) is 0 Å². The summed E-state index contributed by atoms with van der Waals surface area (Å²) in [6.07, 6.45) is 3.35. The highest BCUT2D eigenvalue weighted by molar-refractivity contribution is 7.89. The van der Waals surface area contributed by atoms with Crippen LogP contribution in [-0.4, -0.2) is 24.8 Å². The Morgan fingerprint density at radius 1 is 1.09 bits per heavy atom. The third-order valence-electron chi connectivity index (χ3n) is 3.56. The molecule has 0 saturated carbocycles. The largest absolute Gasteiger partial charge is 0.264 e. The van der Waals surface area contributed by atoms with Crippen LogP contribution in [0.3, 0.4) is 0 Å². The molecule has 5 heteroatoms. The molecule has 4 nitrogen and oxygen atoms in total. The quantitative estimate of drug-likeness (QED) is 0.870. The van der Waals surface area contributed by atoms with E-state index in [2.05, 4.69) is 25.8 Å². The predicted octanol–water partition coefficient (Wildman–Crippen LogP) is 3.20. The Morgan fingerprint density at radius 2 is 1.73 bits per heavy atom. The average molecular weight is 318 g/mol. The summed E-state index contributed by atoms with van der Waals surface area (Å²) in [6, 6.07) is 10.8. The topological polar surface area (TPSA) is 50.3 Å². The van der Waals surface area contributed by atoms with Crippen LogP contribution in [0.2, 0.25) is 0 Å². The lowest BCUT2D eigenvalue weighted by Crippen LogP contribution is -2.26. The van der Waals surface area contributed by atoms with Gasteiger partial charge in [0, 0.05) is 26.0 Å². The van der Waals surface area contributed by atoms with Gasteiger partial charge in [-0.05, 0) is 34.7 Å². The number of rotatable bonds is 4. The van der Waals surface area contributed by atoms with Gasteiger partial charge in [-0.25, -0.2) is 8.42 Å². The molecular weight excluding hydrogens is 296 g/mol. The summed E-state index contributed by atoms with van der Waals surface area (Å²) in [4.78, 5) is 4.32. The fourth-order valence-electron chi connectivity index (χ4n) is 2.14. The van der Waals surface area contributed by atoms with E-state index >= 15 is 0 Å². The fraction of sp³-hybridized carbons (Fsp3) is 0.353. The molecule has 22 heavy (non-hydrogen) atoms. The monoisotopic (exact) mass is 318 g/mol. The van der Waals surface area contributed by atoms with Gasteiger partial charge in [0.15, 0.2) is 0 Å². The molecule has 0 amide bonds. The zero-order valence-corrected chi connectivity index (χ0v) is 14.3. The lowest BCUT2D eigenvalue weighted by molar-refractivity contribution is 0.466. The molecule has 0 atom stereocenters. The second-order valence-corrected chi connectivity index (χ2v) is 8.44. The maximum Gasteiger partial charge on any atom is 0.243 e. The first kappa shape index (κ1) is 16.6. The first-order valence-electron chi connectivity index (χ1n) is 7.17. The Kier molecular flexibility index (Phi) is 4.68. The molecule has 0 unspecified atom stereocenters. The molecule has 0 saturated heterocycles. The maximum absolute atomic E-state index is 12.6. The highest BCUT2D eigenvalue weighted by atomic mass is 32.2. The SMILES string of the molecule is CN(Cc1cccnc1)S(=O)(=O)c1ccc(C(C)(C)C)cc1. The number of pyridine rings is 1. The van der Waals surface area contributed by atoms with Gasteiger partial charge in [0.2, 0.25) is 10.0 Å². The molecule has 1 aromatic carbocycles. The van der Waals surface area contributed by atoms with Crippen molar-refractivity contribution < 1.29 is 8.42 Å². The van der Waals surface area contributed by atoms with Gasteiger partial charge in [0.05, 0.1) is 4.90 Å². The molecule has 0 spiro atoms. The lowest BCUT2D eigenvalue weighted by atomic mass is 9.87. The molecule has 0 bridgehead atoms. The number of nitrogens with zero attached hydrogens (tertiary/aromatic N) is 2. The third-order valence-corrected chi connectivity index (χ3v) is 5.37. The first-order chi connectivity index (χ1) is 10.2. The van der Waals surface area contributed by atoms with Crippen LogP contribution in [0.4, 0.5) is 0 Å². The van der Waals surface area contributed by atoms with Crippen molar-refractivity contribution in [2.24, 2.45) is 0 Å². The summed E-state index contributed by atoms with van der Waals surface area (Å²) in [5, 5.41) is 0. The van der Waals surface area contributed by atoms with Crippen LogP contribution in [0.1, 0.15) is 31.9 Å². The minimum atomic E-state index is -3.49. The first-order valence-corrected chi connectivity index (χ1v) is 8.61. The number of hydrogen-bond acceptors (Lipinski definition) is 3. The van der Waals surface area contributed by atoms with Gasteiger partial charge in [0.25, 0.3) is 0 Å². The maximum atomic E-state index is 12.6. The van der Waals surface area contributed by atoms with Crippen LogP contribution in [0, 0.1) is 0 Å². The number of sulfonamides is 1. The summed E-state index contributed by atoms with van der Waals surface area (Å²) in [5.41, 5.74) is 1.98. The highest BCUT2D eigenvalue weighted by Crippen LogP contribution is 2.24. The van der Waals surface area contributed by atoms with Crippen molar-refractivity contribution in [3.05, 3.63) is 59.9 Å². The molecule has 2 aromatic rings. The van der Waals surface area contributed by atoms with E-state index in [-0.39, 0.29) is 5.41 Å². The third kappa shape index (κ3) is 3.72. The normalized spacial score (nSPS) is 12.6. The fourth-order valence-corrected chi connectivity index (χ4v) is 3.30. The van der Waals surface area contributed by atoms with Crippen LogP contribution in [0.15, 0.2) is 53.7 Å². The highest BCUT2D eigenvalue weighted by Gasteiger charge is 2.22. The molecule has 118 valence electrons. The summed E-state index contributed by atoms with van der Waals surface area (Å²) in [7, 11) is -1.91. The van der Waals surface area contributed by atoms with Gasteiger partial charge < -0.3 is 0 Å². The van der Waals surface area contributed by atoms with Crippen LogP contribution in [0.25, 0.3) is 0 Å². The molecule has 2 rings (SSSR count). The van der Waals surface area contributed by atoms with Gasteiger partial charge >= 0.3 is 0 Å². The van der Waals surface area contributed by atoms with Crippen LogP contribution >= 0.6 is 0 Å². The van der Waals surface area contributed by atoms with E-state index in [0.29, 0.717) is 11.4 Å². The second-order valence-electron chi connectivity index (χ2n) is 6.40. The predicted molar refractivity (Wildman–Crippen MR) is 88.0 cm³/mol. The smallest absolute Gasteiger partial charge is 0.243 e. The van der Waals surface area contributed by atoms with Crippen molar-refractivity contribution in [2.75, 3.05) is 7.05 Å². The molecular formula is C17H22N2O2S. The van der Waals surface area contributed by atoms with Gasteiger partial charge in [-0.3, -0.25) is 4.98 Å². The minimum absolute atomic E-state index is 0.00387. The molecule has 0 fully saturated rings. The number of benzene rings is 1. The Balaban J connectivity index is 2.22. The summed E-state index contributed by atoms with van der Waals surface area (Å²) >= 11 is 0. The van der Waals surface area contributed by atoms with E-state index in [0.717, 1.165) is 11.1 Å². The Labute approximate surface area is 132 Å². The zero-order chi connectivity index (χ0) is 16.4. The Bertz CT molecular complexity index is 718. The van der Waals surface area contributed by atoms with Gasteiger partial charge in [-0.2, -0.15) is 4.31 Å². The van der Waals surface area contributed by atoms with Crippen LogP contribution < -0.4 is 0 Å². The minimum Gasteiger partial charge on any atom is -0.264 e. The average Bonchev–Trinajstić information content (AvgIpc) is 2.47. The zero-order valence-electron chi connectivity index (χ0n) is 13.4. The molecule has 0 aliphatic heterocycles. The summed E-state index contributed by atoms with van der Waals surface area (Å²) in [5.74, 6) is 0. The van der Waals surface area contributed by atoms with E-state index in [1.165, 1.54) is 4.31 Å². The second kappa shape index (κ2) is 6.18. The number of aromatic nitrogens is 1. The van der Waals surface area contributed by atoms with Crippen molar-refractivity contribution in [3.8, 4) is 0 Å². The van der Waals surface area contributed by atoms with E-state index in [9.17, 15) is 8.42 Å². The standard InChI is InChI=1S/C17H22N2O2S/c1-17(2,3)15-7-9-16(10-8-15)22(20,21)19(4)13-14-6-5-11-18-12-14/h5-12H,13H2,1-4H3. The van der Waals surface area contributed by atoms with Crippen molar-refractivity contribution in [2.45, 2.75) is 37.6 Å². The molecule has 0 aliphatic rings. The van der Waals surface area contributed by atoms with Gasteiger partial charge in [-0.1, -0.05) is 39.0 Å². The van der Waals surface area contributed by atoms with E-state index < -0.39 is 10.0 Å². The van der Waals surface area contributed by atoms with E-state index in [1.807, 2.05) is 18.2 Å². The molecule has 1 heterocycles. The molecule has 0 aliphatic carbocycles. The molecule has 1 aromatic heterocycles.